The zero-order valence-electron chi connectivity index (χ0n) is 22.5. The van der Waals surface area contributed by atoms with E-state index in [0.29, 0.717) is 47.1 Å². The van der Waals surface area contributed by atoms with Crippen molar-refractivity contribution in [2.24, 2.45) is 0 Å². The Morgan fingerprint density at radius 3 is 2.50 bits per heavy atom. The number of carbonyl (C=O) groups excluding carboxylic acids is 1. The summed E-state index contributed by atoms with van der Waals surface area (Å²) < 4.78 is 18.8. The Morgan fingerprint density at radius 2 is 1.73 bits per heavy atom. The van der Waals surface area contributed by atoms with Crippen LogP contribution in [0.15, 0.2) is 106 Å². The minimum absolute atomic E-state index is 0.146. The molecule has 3 aromatic carbocycles. The summed E-state index contributed by atoms with van der Waals surface area (Å²) in [7, 11) is 0. The second-order valence-electron chi connectivity index (χ2n) is 9.28. The molecule has 5 aromatic rings. The second kappa shape index (κ2) is 12.4. The highest BCUT2D eigenvalue weighted by Gasteiger charge is 2.28. The molecule has 0 saturated carbocycles. The molecule has 204 valence electrons. The van der Waals surface area contributed by atoms with E-state index in [9.17, 15) is 9.59 Å². The van der Waals surface area contributed by atoms with Crippen LogP contribution >= 0.6 is 0 Å². The molecule has 40 heavy (non-hydrogen) atoms. The minimum Gasteiger partial charge on any atom is -0.492 e. The van der Waals surface area contributed by atoms with E-state index in [1.165, 1.54) is 0 Å². The van der Waals surface area contributed by atoms with E-state index in [1.54, 1.807) is 33.9 Å². The molecule has 0 N–H and O–H groups in total. The van der Waals surface area contributed by atoms with E-state index in [4.69, 9.17) is 18.9 Å². The predicted molar refractivity (Wildman–Crippen MR) is 152 cm³/mol. The average molecular weight is 538 g/mol. The molecule has 0 spiro atoms. The molecule has 0 aliphatic rings. The first-order valence-corrected chi connectivity index (χ1v) is 13.2. The number of hydrogen-bond donors (Lipinski definition) is 0. The maximum absolute atomic E-state index is 14.0. The van der Waals surface area contributed by atoms with Gasteiger partial charge in [0.25, 0.3) is 5.56 Å². The van der Waals surface area contributed by atoms with Gasteiger partial charge in [-0.3, -0.25) is 14.2 Å². The first-order valence-electron chi connectivity index (χ1n) is 13.2. The molecule has 2 heterocycles. The van der Waals surface area contributed by atoms with E-state index in [2.05, 4.69) is 0 Å². The summed E-state index contributed by atoms with van der Waals surface area (Å²) in [6, 6.07) is 27.2. The number of hydrogen-bond acceptors (Lipinski definition) is 6. The molecule has 0 bridgehead atoms. The number of benzene rings is 3. The van der Waals surface area contributed by atoms with Gasteiger partial charge < -0.3 is 18.8 Å². The van der Waals surface area contributed by atoms with Gasteiger partial charge in [-0.15, -0.1) is 0 Å². The molecule has 5 rings (SSSR count). The number of fused-ring (bicyclic) bond motifs is 1. The highest BCUT2D eigenvalue weighted by Crippen LogP contribution is 2.29. The monoisotopic (exact) mass is 537 g/mol. The molecule has 1 atom stereocenters. The molecule has 0 aliphatic heterocycles. The van der Waals surface area contributed by atoms with Crippen LogP contribution in [0.3, 0.4) is 0 Å². The van der Waals surface area contributed by atoms with Crippen molar-refractivity contribution in [3.8, 4) is 11.4 Å². The standard InChI is InChI=1S/C32H31N3O5/c1-3-39-29-18-10-9-17-28(29)35-31(33-27-16-8-7-15-26(27)32(35)37)23(2)34(20-25-14-11-19-40-25)30(36)22-38-21-24-12-5-4-6-13-24/h4-19,23H,3,20-22H2,1-2H3. The van der Waals surface area contributed by atoms with Crippen LogP contribution < -0.4 is 10.3 Å². The molecule has 1 unspecified atom stereocenters. The van der Waals surface area contributed by atoms with Gasteiger partial charge in [0.1, 0.15) is 23.9 Å². The van der Waals surface area contributed by atoms with E-state index in [0.717, 1.165) is 5.56 Å². The van der Waals surface area contributed by atoms with Gasteiger partial charge in [0.15, 0.2) is 0 Å². The molecule has 0 aliphatic carbocycles. The van der Waals surface area contributed by atoms with Crippen LogP contribution in [0.4, 0.5) is 0 Å². The van der Waals surface area contributed by atoms with Gasteiger partial charge in [-0.2, -0.15) is 0 Å². The van der Waals surface area contributed by atoms with Crippen molar-refractivity contribution in [2.75, 3.05) is 13.2 Å². The Kier molecular flexibility index (Phi) is 8.37. The number of aromatic nitrogens is 2. The summed E-state index contributed by atoms with van der Waals surface area (Å²) in [5.74, 6) is 1.30. The summed E-state index contributed by atoms with van der Waals surface area (Å²) >= 11 is 0. The van der Waals surface area contributed by atoms with Gasteiger partial charge in [0.2, 0.25) is 5.91 Å². The van der Waals surface area contributed by atoms with Crippen LogP contribution in [0.5, 0.6) is 5.75 Å². The van der Waals surface area contributed by atoms with Crippen molar-refractivity contribution < 1.29 is 18.7 Å². The van der Waals surface area contributed by atoms with Gasteiger partial charge >= 0.3 is 0 Å². The maximum atomic E-state index is 14.0. The summed E-state index contributed by atoms with van der Waals surface area (Å²) in [6.45, 7) is 4.51. The predicted octanol–water partition coefficient (Wildman–Crippen LogP) is 5.68. The van der Waals surface area contributed by atoms with Crippen molar-refractivity contribution >= 4 is 16.8 Å². The van der Waals surface area contributed by atoms with Crippen LogP contribution in [-0.4, -0.2) is 33.6 Å². The zero-order chi connectivity index (χ0) is 27.9. The number of ether oxygens (including phenoxy) is 2. The van der Waals surface area contributed by atoms with Crippen molar-refractivity contribution in [1.82, 2.24) is 14.5 Å². The fourth-order valence-electron chi connectivity index (χ4n) is 4.65. The van der Waals surface area contributed by atoms with E-state index in [1.807, 2.05) is 86.6 Å². The Bertz CT molecular complexity index is 1630. The van der Waals surface area contributed by atoms with Crippen LogP contribution in [0.2, 0.25) is 0 Å². The maximum Gasteiger partial charge on any atom is 0.266 e. The molecular formula is C32H31N3O5. The Hall–Kier alpha value is -4.69. The SMILES string of the molecule is CCOc1ccccc1-n1c(C(C)N(Cc2ccco2)C(=O)COCc2ccccc2)nc2ccccc2c1=O. The molecule has 8 heteroatoms. The second-order valence-corrected chi connectivity index (χ2v) is 9.28. The van der Waals surface area contributed by atoms with Gasteiger partial charge in [-0.25, -0.2) is 4.98 Å². The molecule has 1 amide bonds. The molecule has 0 saturated heterocycles. The lowest BCUT2D eigenvalue weighted by Crippen LogP contribution is -2.39. The van der Waals surface area contributed by atoms with Crippen molar-refractivity contribution in [1.29, 1.82) is 0 Å². The zero-order valence-corrected chi connectivity index (χ0v) is 22.5. The summed E-state index contributed by atoms with van der Waals surface area (Å²) in [5, 5.41) is 0.472. The molecular weight excluding hydrogens is 506 g/mol. The highest BCUT2D eigenvalue weighted by atomic mass is 16.5. The van der Waals surface area contributed by atoms with E-state index >= 15 is 0 Å². The van der Waals surface area contributed by atoms with Crippen molar-refractivity contribution in [3.05, 3.63) is 125 Å². The largest absolute Gasteiger partial charge is 0.492 e. The Labute approximate surface area is 232 Å². The van der Waals surface area contributed by atoms with Crippen molar-refractivity contribution in [2.45, 2.75) is 33.0 Å². The molecule has 0 radical (unpaired) electrons. The van der Waals surface area contributed by atoms with Crippen LogP contribution in [0.1, 0.15) is 37.0 Å². The highest BCUT2D eigenvalue weighted by molar-refractivity contribution is 5.79. The fourth-order valence-corrected chi connectivity index (χ4v) is 4.65. The Balaban J connectivity index is 1.57. The van der Waals surface area contributed by atoms with E-state index < -0.39 is 6.04 Å². The van der Waals surface area contributed by atoms with Crippen LogP contribution in [-0.2, 0) is 22.7 Å². The lowest BCUT2D eigenvalue weighted by Gasteiger charge is -2.30. The first kappa shape index (κ1) is 26.9. The van der Waals surface area contributed by atoms with Gasteiger partial charge in [0.05, 0.1) is 48.7 Å². The number of carbonyl (C=O) groups is 1. The first-order chi connectivity index (χ1) is 19.6. The van der Waals surface area contributed by atoms with Gasteiger partial charge in [0, 0.05) is 0 Å². The van der Waals surface area contributed by atoms with Gasteiger partial charge in [-0.05, 0) is 55.8 Å². The lowest BCUT2D eigenvalue weighted by molar-refractivity contribution is -0.140. The van der Waals surface area contributed by atoms with E-state index in [-0.39, 0.29) is 24.6 Å². The normalized spacial score (nSPS) is 11.8. The number of amides is 1. The van der Waals surface area contributed by atoms with Crippen LogP contribution in [0, 0.1) is 0 Å². The lowest BCUT2D eigenvalue weighted by atomic mass is 10.1. The average Bonchev–Trinajstić information content (AvgIpc) is 3.50. The van der Waals surface area contributed by atoms with Gasteiger partial charge in [-0.1, -0.05) is 54.6 Å². The summed E-state index contributed by atoms with van der Waals surface area (Å²) in [6.07, 6.45) is 1.57. The third kappa shape index (κ3) is 5.82. The van der Waals surface area contributed by atoms with Crippen molar-refractivity contribution in [3.63, 3.8) is 0 Å². The number of furan rings is 1. The Morgan fingerprint density at radius 1 is 0.975 bits per heavy atom. The number of para-hydroxylation sites is 3. The third-order valence-corrected chi connectivity index (χ3v) is 6.61. The summed E-state index contributed by atoms with van der Waals surface area (Å²) in [5.41, 5.74) is 1.83. The quantitative estimate of drug-likeness (QED) is 0.215. The number of rotatable bonds is 11. The molecule has 8 nitrogen and oxygen atoms in total. The third-order valence-electron chi connectivity index (χ3n) is 6.61. The molecule has 0 fully saturated rings. The smallest absolute Gasteiger partial charge is 0.266 e. The summed E-state index contributed by atoms with van der Waals surface area (Å²) in [4.78, 5) is 34.2. The molecule has 2 aromatic heterocycles. The number of nitrogens with zero attached hydrogens (tertiary/aromatic N) is 3. The minimum atomic E-state index is -0.620. The fraction of sp³-hybridized carbons (Fsp3) is 0.219. The van der Waals surface area contributed by atoms with Crippen LogP contribution in [0.25, 0.3) is 16.6 Å². The topological polar surface area (TPSA) is 86.8 Å².